The first kappa shape index (κ1) is 23.6. The number of aromatic nitrogens is 4. The van der Waals surface area contributed by atoms with Gasteiger partial charge in [0.2, 0.25) is 11.9 Å². The molecule has 180 valence electrons. The van der Waals surface area contributed by atoms with Crippen molar-refractivity contribution < 1.29 is 18.5 Å². The third-order valence-electron chi connectivity index (χ3n) is 6.59. The minimum absolute atomic E-state index is 0.0411. The molecule has 2 amide bonds. The first-order valence-corrected chi connectivity index (χ1v) is 11.5. The van der Waals surface area contributed by atoms with Gasteiger partial charge in [-0.25, -0.2) is 4.98 Å². The molecule has 4 rings (SSSR count). The SMILES string of the molecule is Cc1nocc1C(=O)N[C@H](C(=O)Nc1ccc(-c2c(C)n[nH]c2C)c(F)n1)[C@H]1CC[C@H](C)CC1. The smallest absolute Gasteiger partial charge is 0.257 e. The lowest BCUT2D eigenvalue weighted by Crippen LogP contribution is -2.49. The molecule has 1 atom stereocenters. The van der Waals surface area contributed by atoms with Crippen molar-refractivity contribution in [1.82, 2.24) is 25.7 Å². The van der Waals surface area contributed by atoms with Crippen LogP contribution in [0.5, 0.6) is 0 Å². The van der Waals surface area contributed by atoms with E-state index in [0.29, 0.717) is 28.4 Å². The van der Waals surface area contributed by atoms with Crippen molar-refractivity contribution >= 4 is 17.6 Å². The van der Waals surface area contributed by atoms with Crippen molar-refractivity contribution in [1.29, 1.82) is 0 Å². The fourth-order valence-electron chi connectivity index (χ4n) is 4.59. The van der Waals surface area contributed by atoms with Gasteiger partial charge in [-0.3, -0.25) is 14.7 Å². The van der Waals surface area contributed by atoms with Crippen molar-refractivity contribution in [3.05, 3.63) is 47.0 Å². The van der Waals surface area contributed by atoms with Crippen LogP contribution in [0.3, 0.4) is 0 Å². The van der Waals surface area contributed by atoms with Crippen LogP contribution in [-0.4, -0.2) is 38.2 Å². The molecule has 1 aliphatic rings. The number of carbonyl (C=O) groups excluding carboxylic acids is 2. The van der Waals surface area contributed by atoms with E-state index in [1.165, 1.54) is 6.26 Å². The normalized spacial score (nSPS) is 19.0. The Labute approximate surface area is 196 Å². The van der Waals surface area contributed by atoms with Crippen LogP contribution in [-0.2, 0) is 4.79 Å². The summed E-state index contributed by atoms with van der Waals surface area (Å²) in [6.45, 7) is 7.43. The third-order valence-corrected chi connectivity index (χ3v) is 6.59. The molecule has 0 bridgehead atoms. The van der Waals surface area contributed by atoms with Crippen LogP contribution in [0.1, 0.15) is 60.0 Å². The van der Waals surface area contributed by atoms with Gasteiger partial charge in [0.25, 0.3) is 5.91 Å². The van der Waals surface area contributed by atoms with Gasteiger partial charge in [0, 0.05) is 16.8 Å². The van der Waals surface area contributed by atoms with E-state index in [2.05, 4.69) is 37.9 Å². The predicted molar refractivity (Wildman–Crippen MR) is 123 cm³/mol. The molecule has 0 radical (unpaired) electrons. The number of hydrogen-bond acceptors (Lipinski definition) is 6. The summed E-state index contributed by atoms with van der Waals surface area (Å²) in [6, 6.07) is 2.32. The molecule has 3 heterocycles. The lowest BCUT2D eigenvalue weighted by molar-refractivity contribution is -0.119. The lowest BCUT2D eigenvalue weighted by atomic mass is 9.79. The number of nitrogens with zero attached hydrogens (tertiary/aromatic N) is 3. The Morgan fingerprint density at radius 2 is 1.88 bits per heavy atom. The Kier molecular flexibility index (Phi) is 6.76. The Morgan fingerprint density at radius 3 is 2.47 bits per heavy atom. The third kappa shape index (κ3) is 4.85. The molecular weight excluding hydrogens is 439 g/mol. The van der Waals surface area contributed by atoms with Crippen LogP contribution in [0.4, 0.5) is 10.2 Å². The van der Waals surface area contributed by atoms with E-state index in [4.69, 9.17) is 4.52 Å². The maximum absolute atomic E-state index is 14.9. The maximum Gasteiger partial charge on any atom is 0.257 e. The highest BCUT2D eigenvalue weighted by Gasteiger charge is 2.33. The average molecular weight is 469 g/mol. The van der Waals surface area contributed by atoms with E-state index in [0.717, 1.165) is 31.4 Å². The van der Waals surface area contributed by atoms with Crippen LogP contribution in [0, 0.1) is 38.6 Å². The van der Waals surface area contributed by atoms with E-state index in [1.54, 1.807) is 32.9 Å². The van der Waals surface area contributed by atoms with Gasteiger partial charge in [-0.15, -0.1) is 0 Å². The zero-order valence-corrected chi connectivity index (χ0v) is 19.7. The van der Waals surface area contributed by atoms with E-state index in [1.807, 2.05) is 0 Å². The molecular formula is C24H29FN6O3. The number of nitrogens with one attached hydrogen (secondary N) is 3. The van der Waals surface area contributed by atoms with Crippen molar-refractivity contribution in [2.75, 3.05) is 5.32 Å². The van der Waals surface area contributed by atoms with Gasteiger partial charge in [-0.1, -0.05) is 24.9 Å². The summed E-state index contributed by atoms with van der Waals surface area (Å²) in [5.41, 5.74) is 3.06. The van der Waals surface area contributed by atoms with Crippen molar-refractivity contribution in [2.45, 2.75) is 59.4 Å². The van der Waals surface area contributed by atoms with Gasteiger partial charge >= 0.3 is 0 Å². The molecule has 0 unspecified atom stereocenters. The molecule has 3 aromatic rings. The monoisotopic (exact) mass is 468 g/mol. The number of pyridine rings is 1. The summed E-state index contributed by atoms with van der Waals surface area (Å²) in [4.78, 5) is 30.0. The molecule has 3 N–H and O–H groups in total. The average Bonchev–Trinajstić information content (AvgIpc) is 3.38. The summed E-state index contributed by atoms with van der Waals surface area (Å²) in [5.74, 6) is -0.961. The molecule has 10 heteroatoms. The molecule has 0 saturated heterocycles. The first-order chi connectivity index (χ1) is 16.2. The predicted octanol–water partition coefficient (Wildman–Crippen LogP) is 4.09. The Morgan fingerprint density at radius 1 is 1.15 bits per heavy atom. The largest absolute Gasteiger partial charge is 0.364 e. The van der Waals surface area contributed by atoms with Gasteiger partial charge in [0.1, 0.15) is 23.7 Å². The Hall–Kier alpha value is -3.56. The molecule has 1 fully saturated rings. The van der Waals surface area contributed by atoms with Gasteiger partial charge in [0.15, 0.2) is 0 Å². The number of aromatic amines is 1. The van der Waals surface area contributed by atoms with Crippen molar-refractivity contribution in [3.8, 4) is 11.1 Å². The fourth-order valence-corrected chi connectivity index (χ4v) is 4.59. The standard InChI is InChI=1S/C24H29FN6O3/c1-12-5-7-16(8-6-12)21(28-23(32)18-11-34-31-13(18)2)24(33)27-19-10-9-17(22(25)26-19)20-14(3)29-30-15(20)4/h9-12,16,21H,5-8H2,1-4H3,(H,28,32)(H,29,30)(H,26,27,33)/t12-,16-,21-/m0/s1. The molecule has 0 spiro atoms. The van der Waals surface area contributed by atoms with E-state index >= 15 is 0 Å². The molecule has 34 heavy (non-hydrogen) atoms. The number of carbonyl (C=O) groups is 2. The molecule has 3 aromatic heterocycles. The van der Waals surface area contributed by atoms with Gasteiger partial charge in [-0.2, -0.15) is 9.49 Å². The van der Waals surface area contributed by atoms with Crippen LogP contribution < -0.4 is 10.6 Å². The number of rotatable bonds is 6. The zero-order valence-electron chi connectivity index (χ0n) is 19.7. The Balaban J connectivity index is 1.54. The highest BCUT2D eigenvalue weighted by atomic mass is 19.1. The van der Waals surface area contributed by atoms with E-state index in [9.17, 15) is 14.0 Å². The van der Waals surface area contributed by atoms with Gasteiger partial charge in [-0.05, 0) is 57.6 Å². The van der Waals surface area contributed by atoms with Crippen LogP contribution in [0.2, 0.25) is 0 Å². The minimum atomic E-state index is -0.794. The highest BCUT2D eigenvalue weighted by Crippen LogP contribution is 2.32. The lowest BCUT2D eigenvalue weighted by Gasteiger charge is -2.32. The van der Waals surface area contributed by atoms with Crippen molar-refractivity contribution in [3.63, 3.8) is 0 Å². The van der Waals surface area contributed by atoms with Crippen LogP contribution in [0.25, 0.3) is 11.1 Å². The summed E-state index contributed by atoms with van der Waals surface area (Å²) in [7, 11) is 0. The number of H-pyrrole nitrogens is 1. The second kappa shape index (κ2) is 9.74. The van der Waals surface area contributed by atoms with E-state index < -0.39 is 23.8 Å². The summed E-state index contributed by atoms with van der Waals surface area (Å²) >= 11 is 0. The molecule has 1 saturated carbocycles. The minimum Gasteiger partial charge on any atom is -0.364 e. The van der Waals surface area contributed by atoms with Gasteiger partial charge in [0.05, 0.1) is 11.4 Å². The maximum atomic E-state index is 14.9. The van der Waals surface area contributed by atoms with Crippen molar-refractivity contribution in [2.24, 2.45) is 11.8 Å². The topological polar surface area (TPSA) is 126 Å². The number of hydrogen-bond donors (Lipinski definition) is 3. The Bertz CT molecular complexity index is 1180. The first-order valence-electron chi connectivity index (χ1n) is 11.5. The number of halogens is 1. The quantitative estimate of drug-likeness (QED) is 0.468. The van der Waals surface area contributed by atoms with Crippen LogP contribution in [0.15, 0.2) is 22.9 Å². The molecule has 0 aliphatic heterocycles. The van der Waals surface area contributed by atoms with E-state index in [-0.39, 0.29) is 17.3 Å². The number of anilines is 1. The molecule has 9 nitrogen and oxygen atoms in total. The summed E-state index contributed by atoms with van der Waals surface area (Å²) in [6.07, 6.45) is 4.82. The second-order valence-electron chi connectivity index (χ2n) is 9.12. The van der Waals surface area contributed by atoms with Crippen LogP contribution >= 0.6 is 0 Å². The molecule has 0 aromatic carbocycles. The summed E-state index contributed by atoms with van der Waals surface area (Å²) in [5, 5.41) is 16.2. The second-order valence-corrected chi connectivity index (χ2v) is 9.12. The highest BCUT2D eigenvalue weighted by molar-refractivity contribution is 6.01. The fraction of sp³-hybridized carbons (Fsp3) is 0.458. The number of aryl methyl sites for hydroxylation is 3. The zero-order chi connectivity index (χ0) is 24.4. The number of amides is 2. The molecule has 1 aliphatic carbocycles. The summed E-state index contributed by atoms with van der Waals surface area (Å²) < 4.78 is 19.7. The van der Waals surface area contributed by atoms with Gasteiger partial charge < -0.3 is 15.2 Å².